The predicted octanol–water partition coefficient (Wildman–Crippen LogP) is 1.71. The maximum absolute atomic E-state index is 11.7. The Labute approximate surface area is 126 Å². The summed E-state index contributed by atoms with van der Waals surface area (Å²) in [7, 11) is 0. The molecule has 0 spiro atoms. The summed E-state index contributed by atoms with van der Waals surface area (Å²) >= 11 is 1.47. The monoisotopic (exact) mass is 301 g/mol. The first-order chi connectivity index (χ1) is 10.2. The van der Waals surface area contributed by atoms with Gasteiger partial charge in [-0.15, -0.1) is 11.3 Å². The Hall–Kier alpha value is -2.33. The lowest BCUT2D eigenvalue weighted by atomic mass is 10.4. The van der Waals surface area contributed by atoms with Crippen molar-refractivity contribution in [2.45, 2.75) is 32.0 Å². The highest BCUT2D eigenvalue weighted by Crippen LogP contribution is 2.19. The van der Waals surface area contributed by atoms with Gasteiger partial charge in [0.15, 0.2) is 0 Å². The molecule has 0 unspecified atom stereocenters. The van der Waals surface area contributed by atoms with Gasteiger partial charge in [0.05, 0.1) is 11.9 Å². The van der Waals surface area contributed by atoms with Gasteiger partial charge in [0, 0.05) is 23.7 Å². The van der Waals surface area contributed by atoms with Gasteiger partial charge in [-0.05, 0) is 25.0 Å². The highest BCUT2D eigenvalue weighted by Gasteiger charge is 2.23. The third kappa shape index (κ3) is 3.83. The first-order valence-corrected chi connectivity index (χ1v) is 7.59. The van der Waals surface area contributed by atoms with Crippen molar-refractivity contribution in [3.05, 3.63) is 34.3 Å². The first kappa shape index (κ1) is 13.6. The molecular weight excluding hydrogens is 286 g/mol. The van der Waals surface area contributed by atoms with Crippen molar-refractivity contribution >= 4 is 22.9 Å². The van der Waals surface area contributed by atoms with E-state index in [1.165, 1.54) is 11.3 Å². The number of nitriles is 1. The van der Waals surface area contributed by atoms with Crippen LogP contribution in [0.4, 0.5) is 5.69 Å². The highest BCUT2D eigenvalue weighted by atomic mass is 32.1. The zero-order chi connectivity index (χ0) is 14.7. The molecule has 0 atom stereocenters. The molecule has 1 aliphatic rings. The van der Waals surface area contributed by atoms with Gasteiger partial charge in [0.25, 0.3) is 0 Å². The number of hydrogen-bond acceptors (Lipinski definition) is 5. The fourth-order valence-corrected chi connectivity index (χ4v) is 2.66. The van der Waals surface area contributed by atoms with E-state index in [1.807, 2.05) is 18.3 Å². The fraction of sp³-hybridized carbons (Fsp3) is 0.357. The molecular formula is C14H15N5OS. The van der Waals surface area contributed by atoms with Gasteiger partial charge < -0.3 is 10.6 Å². The molecule has 1 saturated carbocycles. The Bertz CT molecular complexity index is 680. The SMILES string of the molecule is N#Cc1ccc(CNc2cnn(CC(=O)NC3CC3)c2)s1. The van der Waals surface area contributed by atoms with E-state index in [1.54, 1.807) is 10.9 Å². The van der Waals surface area contributed by atoms with E-state index in [0.717, 1.165) is 23.4 Å². The number of anilines is 1. The van der Waals surface area contributed by atoms with Crippen LogP contribution in [0.15, 0.2) is 24.5 Å². The molecule has 0 aliphatic heterocycles. The van der Waals surface area contributed by atoms with Crippen molar-refractivity contribution in [1.29, 1.82) is 5.26 Å². The van der Waals surface area contributed by atoms with Gasteiger partial charge in [-0.1, -0.05) is 0 Å². The summed E-state index contributed by atoms with van der Waals surface area (Å²) < 4.78 is 1.62. The summed E-state index contributed by atoms with van der Waals surface area (Å²) in [5, 5.41) is 19.1. The minimum Gasteiger partial charge on any atom is -0.378 e. The average molecular weight is 301 g/mol. The maximum atomic E-state index is 11.7. The molecule has 1 aliphatic carbocycles. The summed E-state index contributed by atoms with van der Waals surface area (Å²) in [5.74, 6) is 0.00377. The summed E-state index contributed by atoms with van der Waals surface area (Å²) in [6.07, 6.45) is 5.68. The Balaban J connectivity index is 1.50. The molecule has 21 heavy (non-hydrogen) atoms. The number of thiophene rings is 1. The van der Waals surface area contributed by atoms with Crippen LogP contribution in [0, 0.1) is 11.3 Å². The lowest BCUT2D eigenvalue weighted by Crippen LogP contribution is -2.29. The molecule has 2 heterocycles. The number of carbonyl (C=O) groups is 1. The van der Waals surface area contributed by atoms with E-state index in [9.17, 15) is 4.79 Å². The third-order valence-electron chi connectivity index (χ3n) is 3.12. The molecule has 0 aromatic carbocycles. The molecule has 2 aromatic rings. The third-order valence-corrected chi connectivity index (χ3v) is 4.11. The summed E-state index contributed by atoms with van der Waals surface area (Å²) in [6, 6.07) is 6.24. The Morgan fingerprint density at radius 3 is 3.10 bits per heavy atom. The second kappa shape index (κ2) is 5.97. The molecule has 1 amide bonds. The van der Waals surface area contributed by atoms with E-state index in [-0.39, 0.29) is 12.5 Å². The van der Waals surface area contributed by atoms with Gasteiger partial charge in [0.2, 0.25) is 5.91 Å². The van der Waals surface area contributed by atoms with Gasteiger partial charge in [-0.25, -0.2) is 0 Å². The number of carbonyl (C=O) groups excluding carboxylic acids is 1. The van der Waals surface area contributed by atoms with Crippen LogP contribution in [0.5, 0.6) is 0 Å². The van der Waals surface area contributed by atoms with Crippen LogP contribution in [0.3, 0.4) is 0 Å². The largest absolute Gasteiger partial charge is 0.378 e. The zero-order valence-electron chi connectivity index (χ0n) is 11.4. The second-order valence-corrected chi connectivity index (χ2v) is 6.17. The number of nitrogens with zero attached hydrogens (tertiary/aromatic N) is 3. The molecule has 2 aromatic heterocycles. The van der Waals surface area contributed by atoms with Crippen LogP contribution >= 0.6 is 11.3 Å². The van der Waals surface area contributed by atoms with Crippen molar-refractivity contribution in [3.63, 3.8) is 0 Å². The molecule has 0 radical (unpaired) electrons. The van der Waals surface area contributed by atoms with Crippen molar-refractivity contribution in [1.82, 2.24) is 15.1 Å². The van der Waals surface area contributed by atoms with Crippen LogP contribution in [0.25, 0.3) is 0 Å². The number of aromatic nitrogens is 2. The van der Waals surface area contributed by atoms with E-state index < -0.39 is 0 Å². The summed E-state index contributed by atoms with van der Waals surface area (Å²) in [5.41, 5.74) is 0.862. The summed E-state index contributed by atoms with van der Waals surface area (Å²) in [6.45, 7) is 0.891. The molecule has 7 heteroatoms. The molecule has 108 valence electrons. The number of rotatable bonds is 6. The number of nitrogens with one attached hydrogen (secondary N) is 2. The van der Waals surface area contributed by atoms with Crippen molar-refractivity contribution in [3.8, 4) is 6.07 Å². The van der Waals surface area contributed by atoms with E-state index in [2.05, 4.69) is 21.8 Å². The van der Waals surface area contributed by atoms with E-state index in [4.69, 9.17) is 5.26 Å². The average Bonchev–Trinajstić information content (AvgIpc) is 3.00. The lowest BCUT2D eigenvalue weighted by Gasteiger charge is -2.03. The Kier molecular flexibility index (Phi) is 3.88. The van der Waals surface area contributed by atoms with Gasteiger partial charge in [0.1, 0.15) is 17.5 Å². The van der Waals surface area contributed by atoms with Gasteiger partial charge >= 0.3 is 0 Å². The first-order valence-electron chi connectivity index (χ1n) is 6.77. The molecule has 6 nitrogen and oxygen atoms in total. The van der Waals surface area contributed by atoms with E-state index in [0.29, 0.717) is 17.5 Å². The van der Waals surface area contributed by atoms with Crippen LogP contribution < -0.4 is 10.6 Å². The molecule has 2 N–H and O–H groups in total. The predicted molar refractivity (Wildman–Crippen MR) is 79.8 cm³/mol. The van der Waals surface area contributed by atoms with Crippen molar-refractivity contribution in [2.24, 2.45) is 0 Å². The smallest absolute Gasteiger partial charge is 0.241 e. The lowest BCUT2D eigenvalue weighted by molar-refractivity contribution is -0.122. The Morgan fingerprint density at radius 2 is 2.38 bits per heavy atom. The van der Waals surface area contributed by atoms with Crippen molar-refractivity contribution in [2.75, 3.05) is 5.32 Å². The normalized spacial score (nSPS) is 13.7. The number of amides is 1. The van der Waals surface area contributed by atoms with Gasteiger partial charge in [-0.3, -0.25) is 9.48 Å². The zero-order valence-corrected chi connectivity index (χ0v) is 12.2. The summed E-state index contributed by atoms with van der Waals surface area (Å²) in [4.78, 5) is 13.5. The fourth-order valence-electron chi connectivity index (χ4n) is 1.91. The Morgan fingerprint density at radius 1 is 1.52 bits per heavy atom. The second-order valence-electron chi connectivity index (χ2n) is 5.00. The molecule has 3 rings (SSSR count). The van der Waals surface area contributed by atoms with E-state index >= 15 is 0 Å². The van der Waals surface area contributed by atoms with Gasteiger partial charge in [-0.2, -0.15) is 10.4 Å². The van der Waals surface area contributed by atoms with Crippen molar-refractivity contribution < 1.29 is 4.79 Å². The van der Waals surface area contributed by atoms with Crippen LogP contribution in [0.2, 0.25) is 0 Å². The molecule has 1 fully saturated rings. The highest BCUT2D eigenvalue weighted by molar-refractivity contribution is 7.12. The number of hydrogen-bond donors (Lipinski definition) is 2. The van der Waals surface area contributed by atoms with Crippen LogP contribution in [-0.2, 0) is 17.9 Å². The minimum absolute atomic E-state index is 0.00377. The quantitative estimate of drug-likeness (QED) is 0.851. The molecule has 0 bridgehead atoms. The van der Waals surface area contributed by atoms with Crippen LogP contribution in [-0.4, -0.2) is 21.7 Å². The molecule has 0 saturated heterocycles. The maximum Gasteiger partial charge on any atom is 0.241 e. The van der Waals surface area contributed by atoms with Crippen LogP contribution in [0.1, 0.15) is 22.6 Å². The standard InChI is InChI=1S/C14H15N5OS/c15-5-12-3-4-13(21-12)7-16-11-6-17-19(8-11)9-14(20)18-10-1-2-10/h3-4,6,8,10,16H,1-2,7,9H2,(H,18,20). The topological polar surface area (TPSA) is 82.7 Å². The minimum atomic E-state index is 0.00377.